The molecule has 0 radical (unpaired) electrons. The van der Waals surface area contributed by atoms with Gasteiger partial charge in [0.15, 0.2) is 0 Å². The lowest BCUT2D eigenvalue weighted by atomic mass is 9.63. The lowest BCUT2D eigenvalue weighted by Gasteiger charge is -2.37. The molecule has 7 rings (SSSR count). The molecule has 7 heteroatoms. The first-order chi connectivity index (χ1) is 17.5. The number of esters is 1. The summed E-state index contributed by atoms with van der Waals surface area (Å²) in [5.41, 5.74) is 1.89. The SMILES string of the molecule is CCCCOC(=O)c1ccc(NC(=O)c2ccc(N3C(=O)C4C5C=CC(C6CC56)C4C3=O)cc2)cc1. The lowest BCUT2D eigenvalue weighted by Crippen LogP contribution is -2.40. The highest BCUT2D eigenvalue weighted by Crippen LogP contribution is 2.65. The van der Waals surface area contributed by atoms with Crippen LogP contribution in [0.15, 0.2) is 60.7 Å². The molecule has 1 N–H and O–H groups in total. The Morgan fingerprint density at radius 2 is 1.47 bits per heavy atom. The molecule has 0 aromatic heterocycles. The number of ether oxygens (including phenoxy) is 1. The summed E-state index contributed by atoms with van der Waals surface area (Å²) in [6, 6.07) is 13.1. The Kier molecular flexibility index (Phi) is 5.51. The quantitative estimate of drug-likeness (QED) is 0.271. The van der Waals surface area contributed by atoms with Gasteiger partial charge < -0.3 is 10.1 Å². The summed E-state index contributed by atoms with van der Waals surface area (Å²) in [7, 11) is 0. The molecule has 7 nitrogen and oxygen atoms in total. The molecule has 1 aliphatic heterocycles. The van der Waals surface area contributed by atoms with Gasteiger partial charge in [-0.05, 0) is 85.0 Å². The van der Waals surface area contributed by atoms with E-state index in [-0.39, 0.29) is 47.4 Å². The first-order valence-corrected chi connectivity index (χ1v) is 12.7. The van der Waals surface area contributed by atoms with Crippen molar-refractivity contribution >= 4 is 35.1 Å². The van der Waals surface area contributed by atoms with Gasteiger partial charge in [-0.25, -0.2) is 4.79 Å². The van der Waals surface area contributed by atoms with E-state index in [0.717, 1.165) is 19.3 Å². The first kappa shape index (κ1) is 22.7. The van der Waals surface area contributed by atoms with Crippen molar-refractivity contribution in [2.45, 2.75) is 26.2 Å². The normalized spacial score (nSPS) is 29.1. The number of imide groups is 1. The second kappa shape index (κ2) is 8.73. The summed E-state index contributed by atoms with van der Waals surface area (Å²) in [6.45, 7) is 2.41. The topological polar surface area (TPSA) is 92.8 Å². The molecule has 6 unspecified atom stereocenters. The highest BCUT2D eigenvalue weighted by Gasteiger charge is 2.67. The molecular formula is C29H28N2O5. The monoisotopic (exact) mass is 484 g/mol. The van der Waals surface area contributed by atoms with Gasteiger partial charge in [-0.1, -0.05) is 25.5 Å². The summed E-state index contributed by atoms with van der Waals surface area (Å²) in [4.78, 5) is 52.7. The van der Waals surface area contributed by atoms with Gasteiger partial charge in [0.2, 0.25) is 11.8 Å². The predicted octanol–water partition coefficient (Wildman–Crippen LogP) is 4.45. The van der Waals surface area contributed by atoms with Gasteiger partial charge in [0.05, 0.1) is 29.7 Å². The Balaban J connectivity index is 1.11. The number of carbonyl (C=O) groups is 4. The van der Waals surface area contributed by atoms with E-state index in [1.54, 1.807) is 48.5 Å². The molecule has 184 valence electrons. The summed E-state index contributed by atoms with van der Waals surface area (Å²) in [5.74, 6) is 0.0629. The largest absolute Gasteiger partial charge is 0.462 e. The maximum absolute atomic E-state index is 13.3. The van der Waals surface area contributed by atoms with E-state index in [1.165, 1.54) is 4.90 Å². The number of anilines is 2. The van der Waals surface area contributed by atoms with Crippen molar-refractivity contribution in [3.05, 3.63) is 71.8 Å². The van der Waals surface area contributed by atoms with Crippen LogP contribution in [-0.4, -0.2) is 30.3 Å². The summed E-state index contributed by atoms with van der Waals surface area (Å²) in [5, 5.41) is 2.81. The molecule has 6 atom stereocenters. The number of carbonyl (C=O) groups excluding carboxylic acids is 4. The molecule has 1 heterocycles. The van der Waals surface area contributed by atoms with Crippen molar-refractivity contribution in [3.63, 3.8) is 0 Å². The number of hydrogen-bond donors (Lipinski definition) is 1. The van der Waals surface area contributed by atoms with Gasteiger partial charge in [-0.2, -0.15) is 0 Å². The van der Waals surface area contributed by atoms with E-state index in [4.69, 9.17) is 4.74 Å². The predicted molar refractivity (Wildman–Crippen MR) is 133 cm³/mol. The fourth-order valence-electron chi connectivity index (χ4n) is 6.26. The Bertz CT molecular complexity index is 1230. The van der Waals surface area contributed by atoms with Crippen LogP contribution in [0, 0.1) is 35.5 Å². The fourth-order valence-corrected chi connectivity index (χ4v) is 6.26. The average Bonchev–Trinajstić information content (AvgIpc) is 3.67. The Hall–Kier alpha value is -3.74. The highest BCUT2D eigenvalue weighted by atomic mass is 16.5. The van der Waals surface area contributed by atoms with Crippen LogP contribution in [0.3, 0.4) is 0 Å². The van der Waals surface area contributed by atoms with Crippen molar-refractivity contribution in [2.24, 2.45) is 35.5 Å². The third-order valence-corrected chi connectivity index (χ3v) is 8.16. The first-order valence-electron chi connectivity index (χ1n) is 12.7. The summed E-state index contributed by atoms with van der Waals surface area (Å²) in [6.07, 6.45) is 7.21. The van der Waals surface area contributed by atoms with Crippen molar-refractivity contribution in [1.82, 2.24) is 0 Å². The van der Waals surface area contributed by atoms with Crippen molar-refractivity contribution in [1.29, 1.82) is 0 Å². The third kappa shape index (κ3) is 3.65. The molecule has 36 heavy (non-hydrogen) atoms. The van der Waals surface area contributed by atoms with Crippen molar-refractivity contribution in [3.8, 4) is 0 Å². The number of unbranched alkanes of at least 4 members (excludes halogenated alkanes) is 1. The molecule has 2 aromatic rings. The fraction of sp³-hybridized carbons (Fsp3) is 0.379. The van der Waals surface area contributed by atoms with E-state index in [2.05, 4.69) is 17.5 Å². The second-order valence-electron chi connectivity index (χ2n) is 10.2. The molecular weight excluding hydrogens is 456 g/mol. The molecule has 3 fully saturated rings. The number of hydrogen-bond acceptors (Lipinski definition) is 5. The van der Waals surface area contributed by atoms with Crippen LogP contribution in [-0.2, 0) is 14.3 Å². The molecule has 1 saturated heterocycles. The minimum atomic E-state index is -0.386. The summed E-state index contributed by atoms with van der Waals surface area (Å²) >= 11 is 0. The number of nitrogens with zero attached hydrogens (tertiary/aromatic N) is 1. The van der Waals surface area contributed by atoms with Crippen molar-refractivity contribution in [2.75, 3.05) is 16.8 Å². The zero-order valence-electron chi connectivity index (χ0n) is 20.1. The van der Waals surface area contributed by atoms with Crippen LogP contribution in [0.25, 0.3) is 0 Å². The lowest BCUT2D eigenvalue weighted by molar-refractivity contribution is -0.124. The third-order valence-electron chi connectivity index (χ3n) is 8.16. The smallest absolute Gasteiger partial charge is 0.338 e. The maximum Gasteiger partial charge on any atom is 0.338 e. The molecule has 2 bridgehead atoms. The van der Waals surface area contributed by atoms with Gasteiger partial charge in [-0.15, -0.1) is 0 Å². The van der Waals surface area contributed by atoms with E-state index in [9.17, 15) is 19.2 Å². The van der Waals surface area contributed by atoms with Crippen LogP contribution < -0.4 is 10.2 Å². The van der Waals surface area contributed by atoms with E-state index < -0.39 is 0 Å². The van der Waals surface area contributed by atoms with Gasteiger partial charge in [-0.3, -0.25) is 19.3 Å². The molecule has 0 spiro atoms. The Morgan fingerprint density at radius 1 is 0.889 bits per heavy atom. The molecule has 5 aliphatic rings. The molecule has 4 aliphatic carbocycles. The van der Waals surface area contributed by atoms with Gasteiger partial charge >= 0.3 is 5.97 Å². The minimum Gasteiger partial charge on any atom is -0.462 e. The van der Waals surface area contributed by atoms with Gasteiger partial charge in [0.1, 0.15) is 0 Å². The minimum absolute atomic E-state index is 0.111. The zero-order chi connectivity index (χ0) is 25.0. The van der Waals surface area contributed by atoms with Crippen LogP contribution >= 0.6 is 0 Å². The van der Waals surface area contributed by atoms with E-state index in [1.807, 2.05) is 6.92 Å². The summed E-state index contributed by atoms with van der Waals surface area (Å²) < 4.78 is 5.20. The number of amides is 3. The zero-order valence-corrected chi connectivity index (χ0v) is 20.1. The number of nitrogens with one attached hydrogen (secondary N) is 1. The van der Waals surface area contributed by atoms with Crippen molar-refractivity contribution < 1.29 is 23.9 Å². The van der Waals surface area contributed by atoms with Crippen LogP contribution in [0.5, 0.6) is 0 Å². The molecule has 2 saturated carbocycles. The van der Waals surface area contributed by atoms with Crippen LogP contribution in [0.4, 0.5) is 11.4 Å². The van der Waals surface area contributed by atoms with Gasteiger partial charge in [0, 0.05) is 11.3 Å². The Morgan fingerprint density at radius 3 is 2.06 bits per heavy atom. The van der Waals surface area contributed by atoms with Crippen LogP contribution in [0.1, 0.15) is 46.9 Å². The molecule has 2 aromatic carbocycles. The molecule has 3 amide bonds. The standard InChI is InChI=1S/C29H28N2O5/c1-2-3-14-36-29(35)17-4-8-18(9-5-17)30-26(32)16-6-10-19(11-7-16)31-27(33)24-20-12-13-21(23-15-22(20)23)25(24)28(31)34/h4-13,20-25H,2-3,14-15H2,1H3,(H,30,32). The van der Waals surface area contributed by atoms with Crippen LogP contribution in [0.2, 0.25) is 0 Å². The van der Waals surface area contributed by atoms with Gasteiger partial charge in [0.25, 0.3) is 5.91 Å². The number of allylic oxidation sites excluding steroid dienone is 2. The van der Waals surface area contributed by atoms with E-state index in [0.29, 0.717) is 40.9 Å². The van der Waals surface area contributed by atoms with E-state index >= 15 is 0 Å². The highest BCUT2D eigenvalue weighted by molar-refractivity contribution is 6.22. The average molecular weight is 485 g/mol. The second-order valence-corrected chi connectivity index (χ2v) is 10.2. The number of benzene rings is 2. The number of rotatable bonds is 7. The maximum atomic E-state index is 13.3. The Labute approximate surface area is 209 Å².